The summed E-state index contributed by atoms with van der Waals surface area (Å²) >= 11 is 6.49. The lowest BCUT2D eigenvalue weighted by molar-refractivity contribution is 0.669. The molecular weight excluding hydrogens is 418 g/mol. The molecule has 0 N–H and O–H groups in total. The molecule has 0 bridgehead atoms. The Morgan fingerprint density at radius 3 is 1.75 bits per heavy atom. The van der Waals surface area contributed by atoms with Crippen molar-refractivity contribution in [1.82, 2.24) is 15.0 Å². The third-order valence-corrected chi connectivity index (χ3v) is 5.72. The minimum Gasteiger partial charge on any atom is -0.456 e. The third kappa shape index (κ3) is 3.22. The van der Waals surface area contributed by atoms with Crippen LogP contribution in [0.25, 0.3) is 56.1 Å². The van der Waals surface area contributed by atoms with Crippen molar-refractivity contribution < 1.29 is 4.42 Å². The summed E-state index contributed by atoms with van der Waals surface area (Å²) in [5.41, 5.74) is 4.28. The van der Waals surface area contributed by atoms with E-state index in [4.69, 9.17) is 31.0 Å². The number of hydrogen-bond acceptors (Lipinski definition) is 4. The van der Waals surface area contributed by atoms with Gasteiger partial charge in [0.15, 0.2) is 17.5 Å². The van der Waals surface area contributed by atoms with Crippen LogP contribution in [-0.4, -0.2) is 15.0 Å². The van der Waals surface area contributed by atoms with Gasteiger partial charge in [-0.3, -0.25) is 0 Å². The second kappa shape index (κ2) is 7.59. The van der Waals surface area contributed by atoms with Gasteiger partial charge in [0.2, 0.25) is 0 Å². The molecule has 0 aliphatic carbocycles. The molecule has 32 heavy (non-hydrogen) atoms. The van der Waals surface area contributed by atoms with E-state index in [0.717, 1.165) is 38.6 Å². The average Bonchev–Trinajstić information content (AvgIpc) is 3.24. The minimum absolute atomic E-state index is 0.598. The van der Waals surface area contributed by atoms with E-state index in [-0.39, 0.29) is 0 Å². The molecule has 0 unspecified atom stereocenters. The van der Waals surface area contributed by atoms with Gasteiger partial charge in [0.1, 0.15) is 11.2 Å². The number of aromatic nitrogens is 3. The van der Waals surface area contributed by atoms with Crippen LogP contribution < -0.4 is 0 Å². The van der Waals surface area contributed by atoms with E-state index in [1.807, 2.05) is 97.1 Å². The highest BCUT2D eigenvalue weighted by molar-refractivity contribution is 6.37. The van der Waals surface area contributed by atoms with Crippen LogP contribution in [0.4, 0.5) is 0 Å². The van der Waals surface area contributed by atoms with Crippen molar-refractivity contribution in [3.63, 3.8) is 0 Å². The van der Waals surface area contributed by atoms with Crippen molar-refractivity contribution in [2.45, 2.75) is 0 Å². The molecule has 0 fully saturated rings. The largest absolute Gasteiger partial charge is 0.456 e. The maximum atomic E-state index is 6.49. The van der Waals surface area contributed by atoms with E-state index in [9.17, 15) is 0 Å². The molecule has 6 rings (SSSR count). The Kier molecular flexibility index (Phi) is 4.44. The Labute approximate surface area is 189 Å². The number of furan rings is 1. The Hall–Kier alpha value is -4.02. The number of rotatable bonds is 3. The van der Waals surface area contributed by atoms with Gasteiger partial charge in [-0.2, -0.15) is 0 Å². The summed E-state index contributed by atoms with van der Waals surface area (Å²) in [4.78, 5) is 14.4. The molecule has 0 atom stereocenters. The summed E-state index contributed by atoms with van der Waals surface area (Å²) in [7, 11) is 0. The average molecular weight is 434 g/mol. The van der Waals surface area contributed by atoms with Crippen molar-refractivity contribution in [1.29, 1.82) is 0 Å². The summed E-state index contributed by atoms with van der Waals surface area (Å²) < 4.78 is 5.97. The fraction of sp³-hybridized carbons (Fsp3) is 0. The molecule has 0 aliphatic heterocycles. The second-order valence-corrected chi connectivity index (χ2v) is 7.87. The summed E-state index contributed by atoms with van der Waals surface area (Å²) in [6.45, 7) is 0. The summed E-state index contributed by atoms with van der Waals surface area (Å²) in [5.74, 6) is 1.86. The SMILES string of the molecule is Clc1cccc2oc3ccc(-c4nc(-c5ccccc5)nc(-c5ccccc5)n4)cc3c12. The molecule has 4 aromatic carbocycles. The van der Waals surface area contributed by atoms with Gasteiger partial charge in [0, 0.05) is 27.5 Å². The van der Waals surface area contributed by atoms with Gasteiger partial charge in [-0.25, -0.2) is 15.0 Å². The molecule has 0 aliphatic rings. The van der Waals surface area contributed by atoms with Crippen LogP contribution in [0.1, 0.15) is 0 Å². The molecular formula is C27H16ClN3O. The van der Waals surface area contributed by atoms with Crippen LogP contribution in [0.5, 0.6) is 0 Å². The highest BCUT2D eigenvalue weighted by Gasteiger charge is 2.15. The molecule has 0 amide bonds. The molecule has 0 saturated carbocycles. The number of nitrogens with zero attached hydrogens (tertiary/aromatic N) is 3. The van der Waals surface area contributed by atoms with E-state index in [1.165, 1.54) is 0 Å². The normalized spacial score (nSPS) is 11.3. The van der Waals surface area contributed by atoms with E-state index < -0.39 is 0 Å². The van der Waals surface area contributed by atoms with Gasteiger partial charge in [-0.05, 0) is 30.3 Å². The smallest absolute Gasteiger partial charge is 0.164 e. The van der Waals surface area contributed by atoms with Crippen LogP contribution in [0, 0.1) is 0 Å². The van der Waals surface area contributed by atoms with Crippen LogP contribution in [-0.2, 0) is 0 Å². The molecule has 0 radical (unpaired) electrons. The maximum absolute atomic E-state index is 6.49. The van der Waals surface area contributed by atoms with Crippen molar-refractivity contribution in [3.8, 4) is 34.2 Å². The van der Waals surface area contributed by atoms with Crippen LogP contribution >= 0.6 is 11.6 Å². The molecule has 0 saturated heterocycles. The fourth-order valence-corrected chi connectivity index (χ4v) is 4.13. The lowest BCUT2D eigenvalue weighted by Gasteiger charge is -2.08. The summed E-state index contributed by atoms with van der Waals surface area (Å²) in [5, 5.41) is 2.49. The van der Waals surface area contributed by atoms with Crippen LogP contribution in [0.2, 0.25) is 5.02 Å². The first kappa shape index (κ1) is 18.7. The van der Waals surface area contributed by atoms with E-state index >= 15 is 0 Å². The molecule has 2 aromatic heterocycles. The van der Waals surface area contributed by atoms with Crippen LogP contribution in [0.15, 0.2) is 101 Å². The second-order valence-electron chi connectivity index (χ2n) is 7.46. The molecule has 2 heterocycles. The first-order valence-electron chi connectivity index (χ1n) is 10.2. The highest BCUT2D eigenvalue weighted by atomic mass is 35.5. The zero-order valence-corrected chi connectivity index (χ0v) is 17.6. The quantitative estimate of drug-likeness (QED) is 0.291. The standard InChI is InChI=1S/C27H16ClN3O/c28-21-12-7-13-23-24(21)20-16-19(14-15-22(20)32-23)27-30-25(17-8-3-1-4-9-17)29-26(31-27)18-10-5-2-6-11-18/h1-16H. The molecule has 0 spiro atoms. The Balaban J connectivity index is 1.59. The van der Waals surface area contributed by atoms with Gasteiger partial charge in [0.25, 0.3) is 0 Å². The van der Waals surface area contributed by atoms with Crippen LogP contribution in [0.3, 0.4) is 0 Å². The first-order valence-corrected chi connectivity index (χ1v) is 10.6. The molecule has 6 aromatic rings. The van der Waals surface area contributed by atoms with Crippen molar-refractivity contribution in [3.05, 3.63) is 102 Å². The molecule has 5 heteroatoms. The van der Waals surface area contributed by atoms with Crippen molar-refractivity contribution >= 4 is 33.5 Å². The van der Waals surface area contributed by atoms with Crippen molar-refractivity contribution in [2.24, 2.45) is 0 Å². The third-order valence-electron chi connectivity index (χ3n) is 5.40. The molecule has 4 nitrogen and oxygen atoms in total. The topological polar surface area (TPSA) is 51.8 Å². The van der Waals surface area contributed by atoms with E-state index in [0.29, 0.717) is 22.5 Å². The van der Waals surface area contributed by atoms with E-state index in [2.05, 4.69) is 0 Å². The van der Waals surface area contributed by atoms with Gasteiger partial charge in [0.05, 0.1) is 5.02 Å². The monoisotopic (exact) mass is 433 g/mol. The number of hydrogen-bond donors (Lipinski definition) is 0. The van der Waals surface area contributed by atoms with E-state index in [1.54, 1.807) is 0 Å². The van der Waals surface area contributed by atoms with Crippen molar-refractivity contribution in [2.75, 3.05) is 0 Å². The predicted octanol–water partition coefficient (Wildman–Crippen LogP) is 7.43. The predicted molar refractivity (Wildman–Crippen MR) is 128 cm³/mol. The summed E-state index contributed by atoms with van der Waals surface area (Å²) in [6.07, 6.45) is 0. The van der Waals surface area contributed by atoms with Gasteiger partial charge < -0.3 is 4.42 Å². The highest BCUT2D eigenvalue weighted by Crippen LogP contribution is 2.36. The maximum Gasteiger partial charge on any atom is 0.164 e. The summed E-state index contributed by atoms with van der Waals surface area (Å²) in [6, 6.07) is 31.5. The molecule has 152 valence electrons. The van der Waals surface area contributed by atoms with Gasteiger partial charge in [-0.15, -0.1) is 0 Å². The Bertz CT molecular complexity index is 1520. The zero-order chi connectivity index (χ0) is 21.5. The minimum atomic E-state index is 0.598. The Morgan fingerprint density at radius 1 is 0.531 bits per heavy atom. The number of fused-ring (bicyclic) bond motifs is 3. The number of benzene rings is 4. The first-order chi connectivity index (χ1) is 15.8. The lowest BCUT2D eigenvalue weighted by Crippen LogP contribution is -2.00. The Morgan fingerprint density at radius 2 is 1.12 bits per heavy atom. The number of halogens is 1. The van der Waals surface area contributed by atoms with Gasteiger partial charge in [-0.1, -0.05) is 78.3 Å². The zero-order valence-electron chi connectivity index (χ0n) is 16.9. The van der Waals surface area contributed by atoms with Gasteiger partial charge >= 0.3 is 0 Å². The fourth-order valence-electron chi connectivity index (χ4n) is 3.86. The lowest BCUT2D eigenvalue weighted by atomic mass is 10.1.